The van der Waals surface area contributed by atoms with Crippen LogP contribution in [-0.2, 0) is 4.74 Å². The lowest BCUT2D eigenvalue weighted by atomic mass is 10.1. The molecule has 2 heterocycles. The average Bonchev–Trinajstić information content (AvgIpc) is 2.97. The highest BCUT2D eigenvalue weighted by molar-refractivity contribution is 5.89. The summed E-state index contributed by atoms with van der Waals surface area (Å²) in [4.78, 5) is 16.6. The third kappa shape index (κ3) is 4.46. The number of nitrogens with zero attached hydrogens (tertiary/aromatic N) is 2. The Bertz CT molecular complexity index is 618. The number of benzene rings is 1. The van der Waals surface area contributed by atoms with Gasteiger partial charge < -0.3 is 15.0 Å². The lowest BCUT2D eigenvalue weighted by Crippen LogP contribution is -2.51. The van der Waals surface area contributed by atoms with E-state index in [1.165, 1.54) is 6.07 Å². The molecule has 1 N–H and O–H groups in total. The second kappa shape index (κ2) is 7.66. The first-order valence-corrected chi connectivity index (χ1v) is 8.83. The summed E-state index contributed by atoms with van der Waals surface area (Å²) >= 11 is 0. The van der Waals surface area contributed by atoms with Crippen molar-refractivity contribution in [3.63, 3.8) is 0 Å². The number of hydrogen-bond donors (Lipinski definition) is 1. The fourth-order valence-electron chi connectivity index (χ4n) is 3.80. The quantitative estimate of drug-likeness (QED) is 0.908. The van der Waals surface area contributed by atoms with Crippen molar-refractivity contribution >= 4 is 11.7 Å². The molecule has 0 aliphatic carbocycles. The maximum absolute atomic E-state index is 13.8. The molecular formula is C18H25F2N3O2. The molecule has 2 saturated heterocycles. The number of rotatable bonds is 3. The van der Waals surface area contributed by atoms with E-state index in [2.05, 4.69) is 24.1 Å². The van der Waals surface area contributed by atoms with Crippen LogP contribution in [0.3, 0.4) is 0 Å². The molecule has 138 valence electrons. The summed E-state index contributed by atoms with van der Waals surface area (Å²) in [6.07, 6.45) is 2.22. The number of morpholine rings is 1. The molecule has 7 heteroatoms. The summed E-state index contributed by atoms with van der Waals surface area (Å²) in [6.45, 7) is 7.25. The molecule has 2 fully saturated rings. The number of nitrogens with one attached hydrogen (secondary N) is 1. The zero-order valence-electron chi connectivity index (χ0n) is 14.7. The Labute approximate surface area is 146 Å². The van der Waals surface area contributed by atoms with Gasteiger partial charge in [-0.05, 0) is 38.8 Å². The summed E-state index contributed by atoms with van der Waals surface area (Å²) in [5.41, 5.74) is 0.00525. The number of urea groups is 1. The number of likely N-dealkylation sites (tertiary alicyclic amines) is 1. The van der Waals surface area contributed by atoms with Crippen LogP contribution in [0.25, 0.3) is 0 Å². The van der Waals surface area contributed by atoms with Crippen LogP contribution in [0.1, 0.15) is 26.7 Å². The van der Waals surface area contributed by atoms with Gasteiger partial charge in [0.2, 0.25) is 0 Å². The minimum absolute atomic E-state index is 0.00525. The van der Waals surface area contributed by atoms with Crippen LogP contribution < -0.4 is 5.32 Å². The van der Waals surface area contributed by atoms with E-state index < -0.39 is 11.6 Å². The molecule has 5 nitrogen and oxygen atoms in total. The van der Waals surface area contributed by atoms with Crippen LogP contribution in [0.5, 0.6) is 0 Å². The monoisotopic (exact) mass is 353 g/mol. The van der Waals surface area contributed by atoms with Crippen molar-refractivity contribution in [1.82, 2.24) is 9.80 Å². The number of carbonyl (C=O) groups is 1. The zero-order chi connectivity index (χ0) is 18.0. The van der Waals surface area contributed by atoms with Crippen molar-refractivity contribution in [3.05, 3.63) is 29.8 Å². The number of ether oxygens (including phenoxy) is 1. The first kappa shape index (κ1) is 18.1. The number of halogens is 2. The van der Waals surface area contributed by atoms with E-state index in [9.17, 15) is 13.6 Å². The highest BCUT2D eigenvalue weighted by Crippen LogP contribution is 2.23. The van der Waals surface area contributed by atoms with Gasteiger partial charge in [-0.25, -0.2) is 13.6 Å². The summed E-state index contributed by atoms with van der Waals surface area (Å²) in [5, 5.41) is 2.57. The Morgan fingerprint density at radius 2 is 2.00 bits per heavy atom. The van der Waals surface area contributed by atoms with Gasteiger partial charge in [-0.2, -0.15) is 0 Å². The Morgan fingerprint density at radius 3 is 2.68 bits per heavy atom. The van der Waals surface area contributed by atoms with Gasteiger partial charge in [-0.1, -0.05) is 0 Å². The van der Waals surface area contributed by atoms with Gasteiger partial charge in [0, 0.05) is 38.3 Å². The van der Waals surface area contributed by atoms with Crippen molar-refractivity contribution in [2.45, 2.75) is 44.9 Å². The Morgan fingerprint density at radius 1 is 1.28 bits per heavy atom. The van der Waals surface area contributed by atoms with Gasteiger partial charge in [0.15, 0.2) is 0 Å². The first-order chi connectivity index (χ1) is 11.9. The van der Waals surface area contributed by atoms with Crippen LogP contribution in [0, 0.1) is 11.6 Å². The standard InChI is InChI=1S/C18H25F2N3O2/c1-12-9-22(10-13(2)25-12)11-15-4-3-7-23(15)18(24)21-17-6-5-14(19)8-16(17)20/h5-6,8,12-13,15H,3-4,7,9-11H2,1-2H3,(H,21,24)/t12-,13-,15+/m1/s1. The largest absolute Gasteiger partial charge is 0.373 e. The summed E-state index contributed by atoms with van der Waals surface area (Å²) in [5.74, 6) is -1.43. The topological polar surface area (TPSA) is 44.8 Å². The fourth-order valence-corrected chi connectivity index (χ4v) is 3.80. The highest BCUT2D eigenvalue weighted by atomic mass is 19.1. The average molecular weight is 353 g/mol. The number of amides is 2. The molecule has 0 saturated carbocycles. The number of carbonyl (C=O) groups excluding carboxylic acids is 1. The van der Waals surface area contributed by atoms with Gasteiger partial charge in [-0.3, -0.25) is 4.90 Å². The molecule has 2 aliphatic rings. The zero-order valence-corrected chi connectivity index (χ0v) is 14.7. The van der Waals surface area contributed by atoms with Gasteiger partial charge in [0.1, 0.15) is 11.6 Å². The van der Waals surface area contributed by atoms with Gasteiger partial charge in [0.25, 0.3) is 0 Å². The third-order valence-corrected chi connectivity index (χ3v) is 4.77. The molecule has 25 heavy (non-hydrogen) atoms. The van der Waals surface area contributed by atoms with Crippen LogP contribution in [0.2, 0.25) is 0 Å². The molecule has 0 bridgehead atoms. The summed E-state index contributed by atoms with van der Waals surface area (Å²) in [7, 11) is 0. The van der Waals surface area contributed by atoms with Gasteiger partial charge in [0.05, 0.1) is 17.9 Å². The normalized spacial score (nSPS) is 27.5. The smallest absolute Gasteiger partial charge is 0.322 e. The lowest BCUT2D eigenvalue weighted by Gasteiger charge is -2.38. The molecule has 3 atom stereocenters. The molecule has 0 spiro atoms. The van der Waals surface area contributed by atoms with Crippen LogP contribution >= 0.6 is 0 Å². The van der Waals surface area contributed by atoms with Crippen molar-refractivity contribution in [3.8, 4) is 0 Å². The molecular weight excluding hydrogens is 328 g/mol. The Hall–Kier alpha value is -1.73. The summed E-state index contributed by atoms with van der Waals surface area (Å²) < 4.78 is 32.5. The fraction of sp³-hybridized carbons (Fsp3) is 0.611. The molecule has 0 aromatic heterocycles. The van der Waals surface area contributed by atoms with Crippen LogP contribution in [-0.4, -0.2) is 60.3 Å². The van der Waals surface area contributed by atoms with E-state index in [0.29, 0.717) is 6.54 Å². The molecule has 1 aromatic rings. The molecule has 3 rings (SSSR count). The predicted molar refractivity (Wildman–Crippen MR) is 91.6 cm³/mol. The Balaban J connectivity index is 1.61. The maximum Gasteiger partial charge on any atom is 0.322 e. The minimum Gasteiger partial charge on any atom is -0.373 e. The predicted octanol–water partition coefficient (Wildman–Crippen LogP) is 3.07. The van der Waals surface area contributed by atoms with Crippen LogP contribution in [0.15, 0.2) is 18.2 Å². The first-order valence-electron chi connectivity index (χ1n) is 8.83. The second-order valence-electron chi connectivity index (χ2n) is 7.02. The van der Waals surface area contributed by atoms with Crippen molar-refractivity contribution < 1.29 is 18.3 Å². The van der Waals surface area contributed by atoms with Crippen molar-refractivity contribution in [1.29, 1.82) is 0 Å². The van der Waals surface area contributed by atoms with Crippen molar-refractivity contribution in [2.75, 3.05) is 31.5 Å². The van der Waals surface area contributed by atoms with E-state index in [-0.39, 0.29) is 30.0 Å². The molecule has 2 amide bonds. The lowest BCUT2D eigenvalue weighted by molar-refractivity contribution is -0.0712. The van der Waals surface area contributed by atoms with Crippen LogP contribution in [0.4, 0.5) is 19.3 Å². The SMILES string of the molecule is C[C@@H]1CN(C[C@@H]2CCCN2C(=O)Nc2ccc(F)cc2F)C[C@@H](C)O1. The molecule has 0 unspecified atom stereocenters. The van der Waals surface area contributed by atoms with E-state index >= 15 is 0 Å². The second-order valence-corrected chi connectivity index (χ2v) is 7.02. The van der Waals surface area contributed by atoms with Gasteiger partial charge >= 0.3 is 6.03 Å². The van der Waals surface area contributed by atoms with Crippen molar-refractivity contribution in [2.24, 2.45) is 0 Å². The molecule has 1 aromatic carbocycles. The van der Waals surface area contributed by atoms with E-state index in [1.54, 1.807) is 4.90 Å². The minimum atomic E-state index is -0.764. The maximum atomic E-state index is 13.8. The number of anilines is 1. The highest BCUT2D eigenvalue weighted by Gasteiger charge is 2.32. The number of hydrogen-bond acceptors (Lipinski definition) is 3. The Kier molecular flexibility index (Phi) is 5.54. The van der Waals surface area contributed by atoms with E-state index in [1.807, 2.05) is 0 Å². The van der Waals surface area contributed by atoms with Gasteiger partial charge in [-0.15, -0.1) is 0 Å². The third-order valence-electron chi connectivity index (χ3n) is 4.77. The summed E-state index contributed by atoms with van der Waals surface area (Å²) in [6, 6.07) is 2.92. The van der Waals surface area contributed by atoms with E-state index in [4.69, 9.17) is 4.74 Å². The molecule has 2 aliphatic heterocycles. The van der Waals surface area contributed by atoms with E-state index in [0.717, 1.165) is 44.6 Å². The molecule has 0 radical (unpaired) electrons.